The summed E-state index contributed by atoms with van der Waals surface area (Å²) in [6.07, 6.45) is 0.381. The number of aromatic nitrogens is 2. The van der Waals surface area contributed by atoms with Gasteiger partial charge in [-0.1, -0.05) is 6.92 Å². The van der Waals surface area contributed by atoms with E-state index in [2.05, 4.69) is 10.3 Å². The summed E-state index contributed by atoms with van der Waals surface area (Å²) in [6.45, 7) is 0.604. The maximum atomic E-state index is 14.8. The lowest BCUT2D eigenvalue weighted by atomic mass is 9.83. The van der Waals surface area contributed by atoms with Crippen molar-refractivity contribution in [1.82, 2.24) is 14.9 Å². The van der Waals surface area contributed by atoms with Crippen molar-refractivity contribution < 1.29 is 33.3 Å². The fourth-order valence-electron chi connectivity index (χ4n) is 5.74. The molecule has 0 spiro atoms. The number of benzene rings is 1. The van der Waals surface area contributed by atoms with Gasteiger partial charge in [-0.25, -0.2) is 18.6 Å². The number of hydrogen-bond donors (Lipinski definition) is 3. The van der Waals surface area contributed by atoms with Gasteiger partial charge in [-0.2, -0.15) is 0 Å². The minimum absolute atomic E-state index is 0.0197. The van der Waals surface area contributed by atoms with Gasteiger partial charge in [0.1, 0.15) is 13.2 Å². The average Bonchev–Trinajstić information content (AvgIpc) is 3.24. The highest BCUT2D eigenvalue weighted by molar-refractivity contribution is 5.93. The van der Waals surface area contributed by atoms with Crippen molar-refractivity contribution in [2.45, 2.75) is 51.0 Å². The van der Waals surface area contributed by atoms with Crippen molar-refractivity contribution in [1.29, 1.82) is 0 Å². The van der Waals surface area contributed by atoms with Crippen LogP contribution in [0.25, 0.3) is 22.3 Å². The molecule has 186 valence electrons. The number of rotatable bonds is 3. The predicted octanol–water partition coefficient (Wildman–Crippen LogP) is 1.45. The minimum atomic E-state index is -2.00. The van der Waals surface area contributed by atoms with Crippen LogP contribution >= 0.6 is 0 Å². The molecule has 1 aromatic carbocycles. The zero-order valence-electron chi connectivity index (χ0n) is 19.2. The Morgan fingerprint density at radius 3 is 2.78 bits per heavy atom. The Balaban J connectivity index is 1.66. The highest BCUT2D eigenvalue weighted by atomic mass is 19.2. The van der Waals surface area contributed by atoms with Crippen molar-refractivity contribution in [2.75, 3.05) is 6.61 Å². The molecule has 0 unspecified atom stereocenters. The first-order valence-corrected chi connectivity index (χ1v) is 11.6. The second-order valence-corrected chi connectivity index (χ2v) is 9.32. The number of carbonyl (C=O) groups excluding carboxylic acids is 2. The minimum Gasteiger partial charge on any atom is -0.458 e. The van der Waals surface area contributed by atoms with Gasteiger partial charge in [0.05, 0.1) is 35.1 Å². The Labute approximate surface area is 202 Å². The van der Waals surface area contributed by atoms with Gasteiger partial charge in [0.2, 0.25) is 5.91 Å². The Hall–Kier alpha value is -3.70. The van der Waals surface area contributed by atoms with E-state index in [1.165, 1.54) is 10.6 Å². The van der Waals surface area contributed by atoms with Gasteiger partial charge < -0.3 is 24.8 Å². The molecule has 9 nitrogen and oxygen atoms in total. The first-order chi connectivity index (χ1) is 17.2. The molecule has 36 heavy (non-hydrogen) atoms. The number of aliphatic hydroxyl groups is 2. The molecule has 3 aliphatic rings. The van der Waals surface area contributed by atoms with Gasteiger partial charge in [0.25, 0.3) is 5.56 Å². The second kappa shape index (κ2) is 7.65. The summed E-state index contributed by atoms with van der Waals surface area (Å²) < 4.78 is 35.8. The molecular formula is C25H21F2N3O6. The van der Waals surface area contributed by atoms with Crippen LogP contribution < -0.4 is 10.9 Å². The van der Waals surface area contributed by atoms with Crippen LogP contribution in [0.5, 0.6) is 0 Å². The van der Waals surface area contributed by atoms with E-state index >= 15 is 0 Å². The van der Waals surface area contributed by atoms with Gasteiger partial charge in [-0.3, -0.25) is 9.59 Å². The lowest BCUT2D eigenvalue weighted by Crippen LogP contribution is -2.44. The lowest BCUT2D eigenvalue weighted by Gasteiger charge is -2.31. The second-order valence-electron chi connectivity index (χ2n) is 9.32. The summed E-state index contributed by atoms with van der Waals surface area (Å²) in [5.41, 5.74) is -0.198. The zero-order chi connectivity index (χ0) is 25.5. The van der Waals surface area contributed by atoms with E-state index < -0.39 is 47.3 Å². The smallest absolute Gasteiger partial charge is 0.343 e. The number of pyridine rings is 2. The molecule has 0 bridgehead atoms. The molecule has 2 atom stereocenters. The van der Waals surface area contributed by atoms with Crippen molar-refractivity contribution >= 4 is 22.8 Å². The summed E-state index contributed by atoms with van der Waals surface area (Å²) in [7, 11) is 0. The summed E-state index contributed by atoms with van der Waals surface area (Å²) in [5.74, 6) is -3.52. The first-order valence-electron chi connectivity index (χ1n) is 11.6. The molecule has 0 saturated heterocycles. The number of ether oxygens (including phenoxy) is 1. The Morgan fingerprint density at radius 2 is 2.06 bits per heavy atom. The molecule has 1 aliphatic carbocycles. The summed E-state index contributed by atoms with van der Waals surface area (Å²) in [6, 6.07) is 1.88. The molecule has 3 aromatic rings. The number of aryl methyl sites for hydroxylation is 1. The fraction of sp³-hybridized carbons (Fsp3) is 0.360. The monoisotopic (exact) mass is 497 g/mol. The van der Waals surface area contributed by atoms with Crippen molar-refractivity contribution in [3.8, 4) is 11.4 Å². The quantitative estimate of drug-likeness (QED) is 0.365. The molecule has 3 N–H and O–H groups in total. The maximum absolute atomic E-state index is 14.8. The van der Waals surface area contributed by atoms with Crippen LogP contribution in [-0.4, -0.2) is 38.2 Å². The van der Waals surface area contributed by atoms with E-state index in [-0.39, 0.29) is 54.6 Å². The van der Waals surface area contributed by atoms with Crippen LogP contribution in [0.4, 0.5) is 8.78 Å². The molecule has 0 fully saturated rings. The van der Waals surface area contributed by atoms with Crippen LogP contribution in [0.1, 0.15) is 53.6 Å². The maximum Gasteiger partial charge on any atom is 0.343 e. The molecule has 2 aromatic heterocycles. The van der Waals surface area contributed by atoms with Crippen molar-refractivity contribution in [2.24, 2.45) is 0 Å². The number of aliphatic hydroxyl groups excluding tert-OH is 1. The third kappa shape index (κ3) is 2.86. The van der Waals surface area contributed by atoms with Crippen molar-refractivity contribution in [3.05, 3.63) is 61.9 Å². The van der Waals surface area contributed by atoms with Crippen molar-refractivity contribution in [3.63, 3.8) is 0 Å². The third-order valence-corrected chi connectivity index (χ3v) is 7.52. The zero-order valence-corrected chi connectivity index (χ0v) is 19.2. The van der Waals surface area contributed by atoms with E-state index in [0.29, 0.717) is 27.9 Å². The van der Waals surface area contributed by atoms with E-state index in [4.69, 9.17) is 4.74 Å². The molecule has 0 saturated carbocycles. The average molecular weight is 497 g/mol. The van der Waals surface area contributed by atoms with Gasteiger partial charge in [0.15, 0.2) is 17.2 Å². The lowest BCUT2D eigenvalue weighted by molar-refractivity contribution is -0.172. The molecule has 1 amide bonds. The summed E-state index contributed by atoms with van der Waals surface area (Å²) in [4.78, 5) is 42.5. The normalized spacial score (nSPS) is 21.6. The molecule has 6 rings (SSSR count). The van der Waals surface area contributed by atoms with Crippen LogP contribution in [0.15, 0.2) is 16.9 Å². The topological polar surface area (TPSA) is 131 Å². The predicted molar refractivity (Wildman–Crippen MR) is 121 cm³/mol. The van der Waals surface area contributed by atoms with Crippen LogP contribution in [0, 0.1) is 11.6 Å². The Kier molecular flexibility index (Phi) is 4.83. The number of amides is 1. The first kappa shape index (κ1) is 22.7. The highest BCUT2D eigenvalue weighted by Crippen LogP contribution is 2.45. The van der Waals surface area contributed by atoms with Crippen LogP contribution in [0.2, 0.25) is 0 Å². The number of esters is 1. The number of hydrogen-bond acceptors (Lipinski definition) is 7. The molecule has 2 aliphatic heterocycles. The number of halogens is 2. The third-order valence-electron chi connectivity index (χ3n) is 7.52. The number of nitrogens with zero attached hydrogens (tertiary/aromatic N) is 2. The van der Waals surface area contributed by atoms with Gasteiger partial charge >= 0.3 is 5.97 Å². The largest absolute Gasteiger partial charge is 0.458 e. The molecule has 11 heteroatoms. The Bertz CT molecular complexity index is 1580. The number of nitrogens with one attached hydrogen (secondary N) is 1. The SMILES string of the molecule is CC[C@@]1(O)C(=O)OCc2c1cc1n(c2=O)Cc2c-1nc1cc(F)c(F)c3c1c2[C@@H](NC(=O)CO)CC3. The van der Waals surface area contributed by atoms with E-state index in [1.807, 2.05) is 0 Å². The van der Waals surface area contributed by atoms with E-state index in [1.54, 1.807) is 6.92 Å². The van der Waals surface area contributed by atoms with Gasteiger partial charge in [-0.05, 0) is 30.9 Å². The highest BCUT2D eigenvalue weighted by Gasteiger charge is 2.46. The number of carbonyl (C=O) groups is 2. The van der Waals surface area contributed by atoms with Crippen LogP contribution in [0.3, 0.4) is 0 Å². The summed E-state index contributed by atoms with van der Waals surface area (Å²) in [5, 5.41) is 23.4. The molecular weight excluding hydrogens is 476 g/mol. The van der Waals surface area contributed by atoms with Gasteiger partial charge in [-0.15, -0.1) is 0 Å². The summed E-state index contributed by atoms with van der Waals surface area (Å²) >= 11 is 0. The number of cyclic esters (lactones) is 1. The number of fused-ring (bicyclic) bond motifs is 5. The van der Waals surface area contributed by atoms with E-state index in [0.717, 1.165) is 6.07 Å². The standard InChI is InChI=1S/C25H21F2N3O6/c1-2-25(35)13-5-17-22-11(7-30(17)23(33)12(13)9-36-24(25)34)20-15(28-18(32)8-31)4-3-10-19(20)16(29-22)6-14(26)21(10)27/h5-6,15,31,35H,2-4,7-9H2,1H3,(H,28,32)/t15-,25-/m0/s1. The van der Waals surface area contributed by atoms with E-state index in [9.17, 15) is 33.4 Å². The van der Waals surface area contributed by atoms with Crippen LogP contribution in [-0.2, 0) is 39.5 Å². The van der Waals surface area contributed by atoms with Gasteiger partial charge in [0, 0.05) is 28.1 Å². The Morgan fingerprint density at radius 1 is 1.28 bits per heavy atom. The fourth-order valence-corrected chi connectivity index (χ4v) is 5.74. The molecule has 0 radical (unpaired) electrons. The molecule has 4 heterocycles.